The third kappa shape index (κ3) is 3.90. The summed E-state index contributed by atoms with van der Waals surface area (Å²) < 4.78 is 18.7. The van der Waals surface area contributed by atoms with E-state index in [2.05, 4.69) is 10.6 Å². The van der Waals surface area contributed by atoms with Crippen molar-refractivity contribution >= 4 is 11.8 Å². The van der Waals surface area contributed by atoms with Crippen LogP contribution in [0.25, 0.3) is 0 Å². The van der Waals surface area contributed by atoms with Crippen LogP contribution in [0.15, 0.2) is 47.1 Å². The van der Waals surface area contributed by atoms with E-state index >= 15 is 0 Å². The Kier molecular flexibility index (Phi) is 5.16. The first-order valence-corrected chi connectivity index (χ1v) is 8.44. The topological polar surface area (TPSA) is 71.3 Å². The summed E-state index contributed by atoms with van der Waals surface area (Å²) in [5, 5.41) is 5.39. The van der Waals surface area contributed by atoms with Crippen LogP contribution in [0.4, 0.5) is 4.39 Å². The van der Waals surface area contributed by atoms with Crippen molar-refractivity contribution < 1.29 is 18.4 Å². The number of carbonyl (C=O) groups is 2. The van der Waals surface area contributed by atoms with Gasteiger partial charge in [-0.2, -0.15) is 0 Å². The van der Waals surface area contributed by atoms with Crippen LogP contribution in [-0.2, 0) is 21.5 Å². The standard InChI is InChI=1S/C19H21FN2O3/c20-15-6-3-5-14(11-15)19(8-1-2-9-19)18(24)22-13-17(23)21-12-16-7-4-10-25-16/h3-7,10-11H,1-2,8-9,12-13H2,(H,21,23)(H,22,24). The molecule has 2 aromatic rings. The van der Waals surface area contributed by atoms with Gasteiger partial charge in [-0.1, -0.05) is 25.0 Å². The first kappa shape index (κ1) is 17.2. The van der Waals surface area contributed by atoms with E-state index in [1.54, 1.807) is 24.3 Å². The zero-order chi connectivity index (χ0) is 17.7. The summed E-state index contributed by atoms with van der Waals surface area (Å²) in [5.74, 6) is -0.222. The van der Waals surface area contributed by atoms with Crippen molar-refractivity contribution in [3.63, 3.8) is 0 Å². The van der Waals surface area contributed by atoms with Crippen LogP contribution < -0.4 is 10.6 Å². The monoisotopic (exact) mass is 344 g/mol. The van der Waals surface area contributed by atoms with Gasteiger partial charge in [0.15, 0.2) is 0 Å². The summed E-state index contributed by atoms with van der Waals surface area (Å²) in [4.78, 5) is 24.7. The zero-order valence-electron chi connectivity index (χ0n) is 13.9. The van der Waals surface area contributed by atoms with E-state index in [-0.39, 0.29) is 30.7 Å². The molecule has 132 valence electrons. The number of halogens is 1. The molecule has 1 fully saturated rings. The van der Waals surface area contributed by atoms with Gasteiger partial charge in [-0.05, 0) is 42.7 Å². The molecule has 0 bridgehead atoms. The number of furan rings is 1. The van der Waals surface area contributed by atoms with E-state index in [0.717, 1.165) is 12.8 Å². The Bertz CT molecular complexity index is 737. The molecule has 0 atom stereocenters. The molecule has 0 radical (unpaired) electrons. The first-order valence-electron chi connectivity index (χ1n) is 8.44. The normalized spacial score (nSPS) is 15.7. The van der Waals surface area contributed by atoms with E-state index < -0.39 is 5.41 Å². The van der Waals surface area contributed by atoms with E-state index in [4.69, 9.17) is 4.42 Å². The lowest BCUT2D eigenvalue weighted by molar-refractivity contribution is -0.129. The van der Waals surface area contributed by atoms with E-state index in [9.17, 15) is 14.0 Å². The molecule has 1 aliphatic carbocycles. The van der Waals surface area contributed by atoms with Crippen molar-refractivity contribution in [1.82, 2.24) is 10.6 Å². The van der Waals surface area contributed by atoms with Crippen molar-refractivity contribution in [2.75, 3.05) is 6.54 Å². The number of amides is 2. The van der Waals surface area contributed by atoms with Crippen molar-refractivity contribution in [2.45, 2.75) is 37.6 Å². The molecule has 5 nitrogen and oxygen atoms in total. The highest BCUT2D eigenvalue weighted by atomic mass is 19.1. The van der Waals surface area contributed by atoms with Crippen LogP contribution in [0.3, 0.4) is 0 Å². The predicted molar refractivity (Wildman–Crippen MR) is 90.1 cm³/mol. The van der Waals surface area contributed by atoms with E-state index in [0.29, 0.717) is 24.2 Å². The predicted octanol–water partition coefficient (Wildman–Crippen LogP) is 2.66. The third-order valence-corrected chi connectivity index (χ3v) is 4.72. The molecule has 1 aromatic carbocycles. The molecule has 1 aliphatic rings. The molecule has 6 heteroatoms. The fraction of sp³-hybridized carbons (Fsp3) is 0.368. The second-order valence-corrected chi connectivity index (χ2v) is 6.34. The van der Waals surface area contributed by atoms with Gasteiger partial charge in [-0.15, -0.1) is 0 Å². The lowest BCUT2D eigenvalue weighted by Crippen LogP contribution is -2.46. The second-order valence-electron chi connectivity index (χ2n) is 6.34. The molecule has 25 heavy (non-hydrogen) atoms. The summed E-state index contributed by atoms with van der Waals surface area (Å²) in [6.45, 7) is 0.160. The molecule has 1 aromatic heterocycles. The third-order valence-electron chi connectivity index (χ3n) is 4.72. The lowest BCUT2D eigenvalue weighted by atomic mass is 9.78. The molecule has 3 rings (SSSR count). The molecule has 2 amide bonds. The highest BCUT2D eigenvalue weighted by Crippen LogP contribution is 2.41. The number of carbonyl (C=O) groups excluding carboxylic acids is 2. The summed E-state index contributed by atoms with van der Waals surface area (Å²) in [5.41, 5.74) is -0.0675. The minimum atomic E-state index is -0.747. The van der Waals surface area contributed by atoms with Gasteiger partial charge in [0.2, 0.25) is 11.8 Å². The van der Waals surface area contributed by atoms with Crippen LogP contribution in [0.5, 0.6) is 0 Å². The Morgan fingerprint density at radius 2 is 1.92 bits per heavy atom. The van der Waals surface area contributed by atoms with Crippen LogP contribution in [-0.4, -0.2) is 18.4 Å². The molecule has 0 unspecified atom stereocenters. The summed E-state index contributed by atoms with van der Waals surface area (Å²) in [6.07, 6.45) is 4.68. The van der Waals surface area contributed by atoms with Gasteiger partial charge in [-0.3, -0.25) is 9.59 Å². The largest absolute Gasteiger partial charge is 0.467 e. The maximum atomic E-state index is 13.6. The average Bonchev–Trinajstić information content (AvgIpc) is 3.30. The SMILES string of the molecule is O=C(CNC(=O)C1(c2cccc(F)c2)CCCC1)NCc1ccco1. The first-order chi connectivity index (χ1) is 12.1. The number of rotatable bonds is 6. The van der Waals surface area contributed by atoms with Crippen molar-refractivity contribution in [1.29, 1.82) is 0 Å². The van der Waals surface area contributed by atoms with Gasteiger partial charge >= 0.3 is 0 Å². The van der Waals surface area contributed by atoms with E-state index in [1.165, 1.54) is 18.4 Å². The van der Waals surface area contributed by atoms with Crippen molar-refractivity contribution in [3.8, 4) is 0 Å². The molecule has 0 aliphatic heterocycles. The highest BCUT2D eigenvalue weighted by molar-refractivity contribution is 5.91. The second kappa shape index (κ2) is 7.51. The number of hydrogen-bond donors (Lipinski definition) is 2. The fourth-order valence-electron chi connectivity index (χ4n) is 3.40. The zero-order valence-corrected chi connectivity index (χ0v) is 13.9. The minimum Gasteiger partial charge on any atom is -0.467 e. The fourth-order valence-corrected chi connectivity index (χ4v) is 3.40. The molecule has 0 spiro atoms. The van der Waals surface area contributed by atoms with Crippen molar-refractivity contribution in [2.24, 2.45) is 0 Å². The Hall–Kier alpha value is -2.63. The molecule has 1 saturated carbocycles. The number of hydrogen-bond acceptors (Lipinski definition) is 3. The molecule has 1 heterocycles. The Labute approximate surface area is 145 Å². The van der Waals surface area contributed by atoms with Crippen LogP contribution in [0, 0.1) is 5.82 Å². The maximum Gasteiger partial charge on any atom is 0.239 e. The van der Waals surface area contributed by atoms with Gasteiger partial charge < -0.3 is 15.1 Å². The molecule has 0 saturated heterocycles. The quantitative estimate of drug-likeness (QED) is 0.846. The van der Waals surface area contributed by atoms with Gasteiger partial charge in [0, 0.05) is 0 Å². The maximum absolute atomic E-state index is 13.6. The minimum absolute atomic E-state index is 0.114. The van der Waals surface area contributed by atoms with Crippen LogP contribution in [0.1, 0.15) is 37.0 Å². The van der Waals surface area contributed by atoms with Gasteiger partial charge in [0.25, 0.3) is 0 Å². The highest BCUT2D eigenvalue weighted by Gasteiger charge is 2.42. The van der Waals surface area contributed by atoms with Gasteiger partial charge in [0.1, 0.15) is 11.6 Å². The van der Waals surface area contributed by atoms with Gasteiger partial charge in [-0.25, -0.2) is 4.39 Å². The summed E-state index contributed by atoms with van der Waals surface area (Å²) >= 11 is 0. The Balaban J connectivity index is 1.61. The summed E-state index contributed by atoms with van der Waals surface area (Å²) in [7, 11) is 0. The average molecular weight is 344 g/mol. The molecular weight excluding hydrogens is 323 g/mol. The Morgan fingerprint density at radius 3 is 2.60 bits per heavy atom. The molecular formula is C19H21FN2O3. The van der Waals surface area contributed by atoms with Gasteiger partial charge in [0.05, 0.1) is 24.8 Å². The smallest absolute Gasteiger partial charge is 0.239 e. The summed E-state index contributed by atoms with van der Waals surface area (Å²) in [6, 6.07) is 9.69. The lowest BCUT2D eigenvalue weighted by Gasteiger charge is -2.28. The number of benzene rings is 1. The van der Waals surface area contributed by atoms with Crippen LogP contribution >= 0.6 is 0 Å². The van der Waals surface area contributed by atoms with Crippen LogP contribution in [0.2, 0.25) is 0 Å². The van der Waals surface area contributed by atoms with E-state index in [1.807, 2.05) is 0 Å². The molecule has 2 N–H and O–H groups in total. The number of nitrogens with one attached hydrogen (secondary N) is 2. The van der Waals surface area contributed by atoms with Crippen molar-refractivity contribution in [3.05, 3.63) is 59.8 Å². The Morgan fingerprint density at radius 1 is 1.12 bits per heavy atom.